The molecule has 0 bridgehead atoms. The molecule has 3 aromatic carbocycles. The Morgan fingerprint density at radius 3 is 2.00 bits per heavy atom. The minimum atomic E-state index is -3.76. The predicted octanol–water partition coefficient (Wildman–Crippen LogP) is 4.16. The van der Waals surface area contributed by atoms with Gasteiger partial charge in [0.2, 0.25) is 10.0 Å². The van der Waals surface area contributed by atoms with Crippen molar-refractivity contribution in [2.45, 2.75) is 17.9 Å². The van der Waals surface area contributed by atoms with Crippen molar-refractivity contribution in [1.82, 2.24) is 4.31 Å². The molecule has 4 rings (SSSR count). The Morgan fingerprint density at radius 1 is 0.938 bits per heavy atom. The van der Waals surface area contributed by atoms with Gasteiger partial charge in [0.05, 0.1) is 4.90 Å². The summed E-state index contributed by atoms with van der Waals surface area (Å²) in [5.74, 6) is 0. The smallest absolute Gasteiger partial charge is 0.243 e. The second-order valence-corrected chi connectivity index (χ2v) is 9.76. The monoisotopic (exact) mass is 470 g/mol. The van der Waals surface area contributed by atoms with E-state index >= 15 is 0 Å². The van der Waals surface area contributed by atoms with Crippen LogP contribution in [0.3, 0.4) is 0 Å². The Bertz CT molecular complexity index is 1200. The lowest BCUT2D eigenvalue weighted by Gasteiger charge is -2.23. The Hall–Kier alpha value is -2.71. The van der Waals surface area contributed by atoms with Gasteiger partial charge >= 0.3 is 0 Å². The van der Waals surface area contributed by atoms with Crippen LogP contribution < -0.4 is 0 Å². The van der Waals surface area contributed by atoms with E-state index in [9.17, 15) is 13.5 Å². The van der Waals surface area contributed by atoms with Gasteiger partial charge in [-0.2, -0.15) is 4.31 Å². The lowest BCUT2D eigenvalue weighted by atomic mass is 10.1. The number of nitrogens with zero attached hydrogens (tertiary/aromatic N) is 2. The van der Waals surface area contributed by atoms with Crippen molar-refractivity contribution in [2.24, 2.45) is 5.16 Å². The zero-order valence-electron chi connectivity index (χ0n) is 17.5. The highest BCUT2D eigenvalue weighted by Crippen LogP contribution is 2.36. The molecule has 1 aliphatic rings. The number of aliphatic hydroxyl groups is 1. The summed E-state index contributed by atoms with van der Waals surface area (Å²) in [6.07, 6.45) is -1.05. The van der Waals surface area contributed by atoms with Crippen LogP contribution in [-0.4, -0.2) is 49.3 Å². The number of halogens is 1. The fourth-order valence-corrected chi connectivity index (χ4v) is 5.33. The van der Waals surface area contributed by atoms with Crippen molar-refractivity contribution >= 4 is 27.3 Å². The molecule has 1 atom stereocenters. The molecule has 0 unspecified atom stereocenters. The molecule has 0 aromatic heterocycles. The van der Waals surface area contributed by atoms with E-state index in [1.807, 2.05) is 48.5 Å². The number of sulfonamides is 1. The van der Waals surface area contributed by atoms with Gasteiger partial charge in [0, 0.05) is 29.2 Å². The largest absolute Gasteiger partial charge is 0.392 e. The number of benzene rings is 3. The van der Waals surface area contributed by atoms with E-state index in [2.05, 4.69) is 5.16 Å². The van der Waals surface area contributed by atoms with Crippen LogP contribution in [0.2, 0.25) is 5.02 Å². The fourth-order valence-electron chi connectivity index (χ4n) is 3.72. The zero-order valence-corrected chi connectivity index (χ0v) is 19.1. The predicted molar refractivity (Wildman–Crippen MR) is 125 cm³/mol. The van der Waals surface area contributed by atoms with Crippen LogP contribution in [0.4, 0.5) is 0 Å². The number of hydrogen-bond donors (Lipinski definition) is 1. The van der Waals surface area contributed by atoms with Gasteiger partial charge in [-0.1, -0.05) is 72.2 Å². The molecule has 0 spiro atoms. The molecule has 0 saturated carbocycles. The highest BCUT2D eigenvalue weighted by molar-refractivity contribution is 7.89. The van der Waals surface area contributed by atoms with Gasteiger partial charge in [-0.15, -0.1) is 0 Å². The third kappa shape index (κ3) is 4.42. The number of hydrogen-bond acceptors (Lipinski definition) is 5. The topological polar surface area (TPSA) is 79.2 Å². The third-order valence-corrected chi connectivity index (χ3v) is 7.50. The first-order chi connectivity index (χ1) is 15.4. The summed E-state index contributed by atoms with van der Waals surface area (Å²) in [6.45, 7) is 1.67. The molecule has 0 radical (unpaired) electrons. The average Bonchev–Trinajstić information content (AvgIpc) is 3.12. The summed E-state index contributed by atoms with van der Waals surface area (Å²) in [4.78, 5) is 5.59. The maximum Gasteiger partial charge on any atom is 0.243 e. The zero-order chi connectivity index (χ0) is 22.7. The number of fused-ring (bicyclic) bond motifs is 3. The van der Waals surface area contributed by atoms with Gasteiger partial charge in [0.25, 0.3) is 0 Å². The maximum atomic E-state index is 12.9. The number of oxime groups is 1. The van der Waals surface area contributed by atoms with Gasteiger partial charge in [0.1, 0.15) is 18.4 Å². The molecule has 6 nitrogen and oxygen atoms in total. The van der Waals surface area contributed by atoms with Gasteiger partial charge in [-0.25, -0.2) is 8.42 Å². The normalized spacial score (nSPS) is 13.6. The highest BCUT2D eigenvalue weighted by Gasteiger charge is 2.27. The van der Waals surface area contributed by atoms with E-state index in [-0.39, 0.29) is 24.6 Å². The first-order valence-corrected chi connectivity index (χ1v) is 12.1. The number of aliphatic hydroxyl groups excluding tert-OH is 1. The second kappa shape index (κ2) is 9.42. The van der Waals surface area contributed by atoms with Crippen molar-refractivity contribution in [2.75, 3.05) is 19.7 Å². The van der Waals surface area contributed by atoms with Crippen LogP contribution in [0.25, 0.3) is 11.1 Å². The van der Waals surface area contributed by atoms with E-state index in [4.69, 9.17) is 16.4 Å². The van der Waals surface area contributed by atoms with Crippen LogP contribution in [0.1, 0.15) is 18.1 Å². The highest BCUT2D eigenvalue weighted by atomic mass is 35.5. The Balaban J connectivity index is 1.45. The summed E-state index contributed by atoms with van der Waals surface area (Å²) in [6, 6.07) is 21.8. The van der Waals surface area contributed by atoms with Crippen molar-refractivity contribution in [3.8, 4) is 11.1 Å². The molecule has 0 amide bonds. The molecule has 8 heteroatoms. The maximum absolute atomic E-state index is 12.9. The lowest BCUT2D eigenvalue weighted by molar-refractivity contribution is 0.0313. The van der Waals surface area contributed by atoms with Crippen LogP contribution >= 0.6 is 11.6 Å². The minimum Gasteiger partial charge on any atom is -0.392 e. The standard InChI is InChI=1S/C24H23ClN2O4S/c1-2-27(32(29,30)19-13-11-17(25)12-14-19)15-18(28)16-31-26-24-22-9-5-3-7-20(22)21-8-4-6-10-23(21)24/h3-14,18,28H,2,15-16H2,1H3/t18-/m1/s1. The van der Waals surface area contributed by atoms with Crippen LogP contribution in [0.15, 0.2) is 82.8 Å². The molecular weight excluding hydrogens is 448 g/mol. The van der Waals surface area contributed by atoms with Crippen LogP contribution in [0, 0.1) is 0 Å². The molecule has 3 aromatic rings. The number of likely N-dealkylation sites (N-methyl/N-ethyl adjacent to an activating group) is 1. The summed E-state index contributed by atoms with van der Waals surface area (Å²) in [7, 11) is -3.76. The molecule has 0 saturated heterocycles. The van der Waals surface area contributed by atoms with E-state index < -0.39 is 16.1 Å². The molecule has 0 heterocycles. The van der Waals surface area contributed by atoms with Gasteiger partial charge < -0.3 is 9.94 Å². The van der Waals surface area contributed by atoms with E-state index in [0.717, 1.165) is 22.3 Å². The van der Waals surface area contributed by atoms with Crippen molar-refractivity contribution in [1.29, 1.82) is 0 Å². The first kappa shape index (κ1) is 22.5. The van der Waals surface area contributed by atoms with Gasteiger partial charge in [-0.05, 0) is 35.4 Å². The summed E-state index contributed by atoms with van der Waals surface area (Å²) in [5, 5.41) is 15.2. The molecule has 1 N–H and O–H groups in total. The fraction of sp³-hybridized carbons (Fsp3) is 0.208. The Morgan fingerprint density at radius 2 is 1.47 bits per heavy atom. The van der Waals surface area contributed by atoms with Crippen LogP contribution in [-0.2, 0) is 14.9 Å². The van der Waals surface area contributed by atoms with Crippen LogP contribution in [0.5, 0.6) is 0 Å². The van der Waals surface area contributed by atoms with Crippen molar-refractivity contribution in [3.63, 3.8) is 0 Å². The minimum absolute atomic E-state index is 0.112. The van der Waals surface area contributed by atoms with E-state index in [1.54, 1.807) is 6.92 Å². The molecule has 32 heavy (non-hydrogen) atoms. The lowest BCUT2D eigenvalue weighted by Crippen LogP contribution is -2.38. The molecule has 0 aliphatic heterocycles. The summed E-state index contributed by atoms with van der Waals surface area (Å²) in [5.41, 5.74) is 4.78. The Kier molecular flexibility index (Phi) is 6.62. The van der Waals surface area contributed by atoms with E-state index in [1.165, 1.54) is 28.6 Å². The summed E-state index contributed by atoms with van der Waals surface area (Å²) >= 11 is 5.86. The summed E-state index contributed by atoms with van der Waals surface area (Å²) < 4.78 is 26.9. The first-order valence-electron chi connectivity index (χ1n) is 10.2. The molecule has 0 fully saturated rings. The number of rotatable bonds is 8. The quantitative estimate of drug-likeness (QED) is 0.392. The third-order valence-electron chi connectivity index (χ3n) is 5.30. The van der Waals surface area contributed by atoms with E-state index in [0.29, 0.717) is 10.7 Å². The van der Waals surface area contributed by atoms with Gasteiger partial charge in [-0.3, -0.25) is 0 Å². The van der Waals surface area contributed by atoms with Crippen molar-refractivity contribution in [3.05, 3.63) is 88.9 Å². The SMILES string of the molecule is CCN(C[C@@H](O)CON=C1c2ccccc2-c2ccccc21)S(=O)(=O)c1ccc(Cl)cc1. The average molecular weight is 471 g/mol. The second-order valence-electron chi connectivity index (χ2n) is 7.39. The molecule has 1 aliphatic carbocycles. The molecular formula is C24H23ClN2O4S. The Labute approximate surface area is 192 Å². The van der Waals surface area contributed by atoms with Crippen molar-refractivity contribution < 1.29 is 18.4 Å². The van der Waals surface area contributed by atoms with Gasteiger partial charge in [0.15, 0.2) is 0 Å². The molecule has 166 valence electrons.